The van der Waals surface area contributed by atoms with E-state index in [-0.39, 0.29) is 5.11 Å². The molecule has 2 aliphatic rings. The minimum atomic E-state index is -1.75. The van der Waals surface area contributed by atoms with E-state index in [1.807, 2.05) is 150 Å². The number of aromatic nitrogens is 2. The third kappa shape index (κ3) is 5.26. The van der Waals surface area contributed by atoms with Gasteiger partial charge in [-0.25, -0.2) is 4.68 Å². The minimum absolute atomic E-state index is 0.0313. The zero-order chi connectivity index (χ0) is 34.4. The SMILES string of the molecule is O=C1NC(=S)NC(=O)C12C(c1ccccc1)/C(=C/c1ccc(Cl)cc1)c1nn(-c3ccccc3)c(-c3ccc(Cl)cc3)c1C2c1ccccc1. The molecule has 0 bridgehead atoms. The van der Waals surface area contributed by atoms with Crippen molar-refractivity contribution in [2.75, 3.05) is 0 Å². The lowest BCUT2D eigenvalue weighted by molar-refractivity contribution is -0.145. The Balaban J connectivity index is 1.59. The average molecular weight is 712 g/mol. The van der Waals surface area contributed by atoms with E-state index in [1.54, 1.807) is 0 Å². The molecule has 2 heterocycles. The maximum absolute atomic E-state index is 15.0. The van der Waals surface area contributed by atoms with Gasteiger partial charge in [-0.05, 0) is 77.0 Å². The van der Waals surface area contributed by atoms with Gasteiger partial charge in [-0.2, -0.15) is 5.10 Å². The number of hydrogen-bond donors (Lipinski definition) is 2. The highest BCUT2D eigenvalue weighted by atomic mass is 35.5. The summed E-state index contributed by atoms with van der Waals surface area (Å²) in [5, 5.41) is 12.3. The number of allylic oxidation sites excluding steroid dienone is 1. The summed E-state index contributed by atoms with van der Waals surface area (Å²) in [6, 6.07) is 44.2. The van der Waals surface area contributed by atoms with Gasteiger partial charge in [0.1, 0.15) is 0 Å². The number of hydrogen-bond acceptors (Lipinski definition) is 4. The van der Waals surface area contributed by atoms with Gasteiger partial charge in [-0.3, -0.25) is 9.59 Å². The Morgan fingerprint density at radius 1 is 0.660 bits per heavy atom. The molecule has 1 aliphatic carbocycles. The Bertz CT molecular complexity index is 2270. The smallest absolute Gasteiger partial charge is 0.243 e. The Morgan fingerprint density at radius 2 is 1.16 bits per heavy atom. The van der Waals surface area contributed by atoms with Gasteiger partial charge in [0.15, 0.2) is 10.5 Å². The topological polar surface area (TPSA) is 76.0 Å². The second-order valence-corrected chi connectivity index (χ2v) is 13.6. The number of amides is 2. The fourth-order valence-corrected chi connectivity index (χ4v) is 7.90. The molecule has 1 aliphatic heterocycles. The number of halogens is 2. The molecular formula is C41H28Cl2N4O2S. The highest BCUT2D eigenvalue weighted by molar-refractivity contribution is 7.80. The van der Waals surface area contributed by atoms with Crippen molar-refractivity contribution >= 4 is 64.0 Å². The molecule has 6 aromatic rings. The molecule has 8 rings (SSSR count). The number of fused-ring (bicyclic) bond motifs is 1. The van der Waals surface area contributed by atoms with Gasteiger partial charge in [0.05, 0.1) is 17.1 Å². The molecule has 0 radical (unpaired) electrons. The van der Waals surface area contributed by atoms with Crippen molar-refractivity contribution in [3.8, 4) is 16.9 Å². The summed E-state index contributed by atoms with van der Waals surface area (Å²) in [6.07, 6.45) is 2.01. The number of nitrogens with zero attached hydrogens (tertiary/aromatic N) is 2. The van der Waals surface area contributed by atoms with Crippen LogP contribution in [0.3, 0.4) is 0 Å². The number of carbonyl (C=O) groups excluding carboxylic acids is 2. The molecule has 6 nitrogen and oxygen atoms in total. The van der Waals surface area contributed by atoms with Crippen LogP contribution in [-0.2, 0) is 9.59 Å². The normalized spacial score (nSPS) is 18.8. The molecular weight excluding hydrogens is 683 g/mol. The van der Waals surface area contributed by atoms with Crippen molar-refractivity contribution in [1.82, 2.24) is 20.4 Å². The third-order valence-corrected chi connectivity index (χ3v) is 10.2. The van der Waals surface area contributed by atoms with Gasteiger partial charge in [0.25, 0.3) is 0 Å². The van der Waals surface area contributed by atoms with Crippen molar-refractivity contribution in [1.29, 1.82) is 0 Å². The van der Waals surface area contributed by atoms with E-state index in [2.05, 4.69) is 10.6 Å². The number of para-hydroxylation sites is 1. The summed E-state index contributed by atoms with van der Waals surface area (Å²) in [4.78, 5) is 30.1. The molecule has 2 unspecified atom stereocenters. The standard InChI is InChI=1S/C41H28Cl2N4O2S/c42-29-20-16-25(17-21-29)24-32-34(26-10-4-1-5-11-26)41(38(48)44-40(50)45-39(41)49)35(27-12-6-2-7-13-27)33-36(32)46-47(31-14-8-3-9-15-31)37(33)28-18-22-30(43)23-19-28/h1-24,34-35H,(H2,44,45,48,49,50)/b32-24-. The van der Waals surface area contributed by atoms with Crippen LogP contribution in [0.2, 0.25) is 10.0 Å². The number of thiocarbonyl (C=S) groups is 1. The molecule has 9 heteroatoms. The first-order chi connectivity index (χ1) is 24.4. The van der Waals surface area contributed by atoms with Gasteiger partial charge in [-0.1, -0.05) is 126 Å². The van der Waals surface area contributed by atoms with Crippen LogP contribution in [-0.4, -0.2) is 26.7 Å². The summed E-state index contributed by atoms with van der Waals surface area (Å²) < 4.78 is 1.91. The van der Waals surface area contributed by atoms with Crippen molar-refractivity contribution < 1.29 is 9.59 Å². The predicted molar refractivity (Wildman–Crippen MR) is 202 cm³/mol. The summed E-state index contributed by atoms with van der Waals surface area (Å²) in [7, 11) is 0. The molecule has 2 N–H and O–H groups in total. The van der Waals surface area contributed by atoms with Crippen molar-refractivity contribution in [2.24, 2.45) is 5.41 Å². The monoisotopic (exact) mass is 710 g/mol. The van der Waals surface area contributed by atoms with E-state index in [0.29, 0.717) is 21.3 Å². The molecule has 1 spiro atoms. The Labute approximate surface area is 304 Å². The first-order valence-corrected chi connectivity index (χ1v) is 17.2. The average Bonchev–Trinajstić information content (AvgIpc) is 3.53. The maximum Gasteiger partial charge on any atom is 0.243 e. The quantitative estimate of drug-likeness (QED) is 0.139. The minimum Gasteiger partial charge on any atom is -0.302 e. The molecule has 244 valence electrons. The van der Waals surface area contributed by atoms with Crippen LogP contribution in [0.15, 0.2) is 140 Å². The van der Waals surface area contributed by atoms with Gasteiger partial charge in [-0.15, -0.1) is 0 Å². The summed E-state index contributed by atoms with van der Waals surface area (Å²) in [6.45, 7) is 0. The molecule has 0 saturated carbocycles. The van der Waals surface area contributed by atoms with Crippen LogP contribution >= 0.6 is 35.4 Å². The first-order valence-electron chi connectivity index (χ1n) is 16.0. The van der Waals surface area contributed by atoms with Crippen LogP contribution in [0.5, 0.6) is 0 Å². The van der Waals surface area contributed by atoms with Gasteiger partial charge >= 0.3 is 0 Å². The lowest BCUT2D eigenvalue weighted by Crippen LogP contribution is -2.67. The van der Waals surface area contributed by atoms with Crippen LogP contribution in [0.4, 0.5) is 0 Å². The fraction of sp³-hybridized carbons (Fsp3) is 0.0732. The molecule has 2 amide bonds. The lowest BCUT2D eigenvalue weighted by Gasteiger charge is -2.49. The maximum atomic E-state index is 15.0. The van der Waals surface area contributed by atoms with Crippen LogP contribution in [0.1, 0.15) is 39.8 Å². The molecule has 5 aromatic carbocycles. The van der Waals surface area contributed by atoms with E-state index in [1.165, 1.54) is 0 Å². The first kappa shape index (κ1) is 31.9. The van der Waals surface area contributed by atoms with Crippen molar-refractivity contribution in [3.05, 3.63) is 178 Å². The highest BCUT2D eigenvalue weighted by Crippen LogP contribution is 2.63. The number of nitrogens with one attached hydrogen (secondary N) is 2. The summed E-state index contributed by atoms with van der Waals surface area (Å²) >= 11 is 18.2. The van der Waals surface area contributed by atoms with E-state index < -0.39 is 29.1 Å². The third-order valence-electron chi connectivity index (χ3n) is 9.49. The predicted octanol–water partition coefficient (Wildman–Crippen LogP) is 8.83. The molecule has 2 atom stereocenters. The fourth-order valence-electron chi connectivity index (χ4n) is 7.46. The highest BCUT2D eigenvalue weighted by Gasteiger charge is 2.65. The molecule has 1 fully saturated rings. The van der Waals surface area contributed by atoms with Crippen LogP contribution in [0, 0.1) is 5.41 Å². The largest absolute Gasteiger partial charge is 0.302 e. The van der Waals surface area contributed by atoms with Gasteiger partial charge in [0, 0.05) is 33.0 Å². The van der Waals surface area contributed by atoms with Gasteiger partial charge < -0.3 is 10.6 Å². The van der Waals surface area contributed by atoms with E-state index in [0.717, 1.165) is 39.2 Å². The van der Waals surface area contributed by atoms with Crippen molar-refractivity contribution in [2.45, 2.75) is 11.8 Å². The van der Waals surface area contributed by atoms with Gasteiger partial charge in [0.2, 0.25) is 11.8 Å². The zero-order valence-corrected chi connectivity index (χ0v) is 28.7. The second kappa shape index (κ2) is 12.8. The molecule has 1 aromatic heterocycles. The zero-order valence-electron chi connectivity index (χ0n) is 26.4. The van der Waals surface area contributed by atoms with E-state index in [9.17, 15) is 0 Å². The Hall–Kier alpha value is -5.34. The Morgan fingerprint density at radius 3 is 1.72 bits per heavy atom. The number of rotatable bonds is 5. The van der Waals surface area contributed by atoms with Crippen molar-refractivity contribution in [3.63, 3.8) is 0 Å². The molecule has 1 saturated heterocycles. The van der Waals surface area contributed by atoms with E-state index >= 15 is 9.59 Å². The summed E-state index contributed by atoms with van der Waals surface area (Å²) in [5.74, 6) is -2.58. The van der Waals surface area contributed by atoms with Crippen LogP contribution < -0.4 is 10.6 Å². The second-order valence-electron chi connectivity index (χ2n) is 12.3. The lowest BCUT2D eigenvalue weighted by atomic mass is 9.52. The van der Waals surface area contributed by atoms with Crippen LogP contribution in [0.25, 0.3) is 28.6 Å². The Kier molecular flexibility index (Phi) is 8.19. The summed E-state index contributed by atoms with van der Waals surface area (Å²) in [5.41, 5.74) is 5.10. The number of benzene rings is 5. The molecule has 50 heavy (non-hydrogen) atoms. The number of carbonyl (C=O) groups is 2. The van der Waals surface area contributed by atoms with E-state index in [4.69, 9.17) is 40.5 Å².